The maximum atomic E-state index is 10.9. The fraction of sp³-hybridized carbons (Fsp3) is 0.600. The Kier molecular flexibility index (Phi) is 10.8. The minimum absolute atomic E-state index is 0.116. The summed E-state index contributed by atoms with van der Waals surface area (Å²) in [6.45, 7) is 4.07. The van der Waals surface area contributed by atoms with Crippen LogP contribution in [-0.2, 0) is 24.0 Å². The summed E-state index contributed by atoms with van der Waals surface area (Å²) in [7, 11) is 0. The summed E-state index contributed by atoms with van der Waals surface area (Å²) in [5.41, 5.74) is 0. The lowest BCUT2D eigenvalue weighted by atomic mass is 10.6. The summed E-state index contributed by atoms with van der Waals surface area (Å²) in [6, 6.07) is 0. The lowest BCUT2D eigenvalue weighted by Gasteiger charge is -2.06. The molecule has 8 nitrogen and oxygen atoms in total. The van der Waals surface area contributed by atoms with Gasteiger partial charge < -0.3 is 19.9 Å². The third kappa shape index (κ3) is 12.4. The van der Waals surface area contributed by atoms with Crippen molar-refractivity contribution in [1.29, 1.82) is 0 Å². The van der Waals surface area contributed by atoms with Gasteiger partial charge in [0, 0.05) is 6.54 Å². The van der Waals surface area contributed by atoms with Gasteiger partial charge in [0.05, 0.1) is 19.8 Å². The molecule has 0 bridgehead atoms. The number of hydrogen-bond donors (Lipinski definition) is 2. The number of carbonyl (C=O) groups excluding carboxylic acids is 1. The van der Waals surface area contributed by atoms with Crippen LogP contribution in [0.4, 0.5) is 4.79 Å². The molecule has 0 heterocycles. The zero-order valence-electron chi connectivity index (χ0n) is 9.92. The second-order valence-electron chi connectivity index (χ2n) is 2.93. The lowest BCUT2D eigenvalue weighted by molar-refractivity contribution is -0.228. The van der Waals surface area contributed by atoms with E-state index in [0.29, 0.717) is 0 Å². The maximum absolute atomic E-state index is 10.9. The number of ether oxygens (including phenoxy) is 2. The van der Waals surface area contributed by atoms with Crippen molar-refractivity contribution in [2.75, 3.05) is 39.6 Å². The van der Waals surface area contributed by atoms with E-state index in [1.807, 2.05) is 0 Å². The molecule has 0 unspecified atom stereocenters. The lowest BCUT2D eigenvalue weighted by Crippen LogP contribution is -2.28. The number of carboxylic acid groups (broad SMARTS) is 1. The molecule has 8 heteroatoms. The molecule has 0 aromatic carbocycles. The van der Waals surface area contributed by atoms with Crippen molar-refractivity contribution in [3.63, 3.8) is 0 Å². The Hall–Kier alpha value is -1.64. The molecule has 1 amide bonds. The predicted octanol–water partition coefficient (Wildman–Crippen LogP) is -0.0520. The number of rotatable bonds is 11. The van der Waals surface area contributed by atoms with E-state index in [2.05, 4.69) is 21.7 Å². The van der Waals surface area contributed by atoms with Crippen LogP contribution in [0.2, 0.25) is 0 Å². The first-order valence-corrected chi connectivity index (χ1v) is 5.22. The maximum Gasteiger partial charge on any atom is 0.438 e. The molecule has 0 aliphatic carbocycles. The van der Waals surface area contributed by atoms with Crippen LogP contribution in [-0.4, -0.2) is 56.7 Å². The minimum atomic E-state index is -1.03. The molecule has 0 aromatic rings. The molecule has 0 atom stereocenters. The van der Waals surface area contributed by atoms with Gasteiger partial charge in [0.2, 0.25) is 0 Å². The van der Waals surface area contributed by atoms with Gasteiger partial charge in [-0.15, -0.1) is 6.58 Å². The molecule has 0 radical (unpaired) electrons. The largest absolute Gasteiger partial charge is 0.480 e. The van der Waals surface area contributed by atoms with E-state index in [4.69, 9.17) is 14.6 Å². The number of carbonyl (C=O) groups is 2. The molecule has 0 rings (SSSR count). The number of carboxylic acids is 1. The van der Waals surface area contributed by atoms with Crippen LogP contribution in [0, 0.1) is 0 Å². The van der Waals surface area contributed by atoms with Gasteiger partial charge in [-0.2, -0.15) is 4.89 Å². The highest BCUT2D eigenvalue weighted by atomic mass is 17.2. The molecule has 0 aromatic heterocycles. The summed E-state index contributed by atoms with van der Waals surface area (Å²) < 4.78 is 9.77. The highest BCUT2D eigenvalue weighted by Crippen LogP contribution is 1.82. The summed E-state index contributed by atoms with van der Waals surface area (Å²) in [6.07, 6.45) is 0.718. The van der Waals surface area contributed by atoms with E-state index in [1.165, 1.54) is 6.08 Å². The summed E-state index contributed by atoms with van der Waals surface area (Å²) in [5.74, 6) is -1.03. The van der Waals surface area contributed by atoms with Crippen LogP contribution >= 0.6 is 0 Å². The van der Waals surface area contributed by atoms with Crippen LogP contribution < -0.4 is 5.32 Å². The highest BCUT2D eigenvalue weighted by Gasteiger charge is 2.01. The fourth-order valence-electron chi connectivity index (χ4n) is 0.770. The Morgan fingerprint density at radius 3 is 2.61 bits per heavy atom. The van der Waals surface area contributed by atoms with Gasteiger partial charge in [0.1, 0.15) is 13.2 Å². The van der Waals surface area contributed by atoms with E-state index >= 15 is 0 Å². The Labute approximate surface area is 104 Å². The van der Waals surface area contributed by atoms with Crippen molar-refractivity contribution in [2.45, 2.75) is 0 Å². The Morgan fingerprint density at radius 2 is 1.94 bits per heavy atom. The van der Waals surface area contributed by atoms with Crippen molar-refractivity contribution < 1.29 is 33.9 Å². The van der Waals surface area contributed by atoms with Gasteiger partial charge in [-0.25, -0.2) is 9.59 Å². The van der Waals surface area contributed by atoms with E-state index in [-0.39, 0.29) is 39.6 Å². The normalized spacial score (nSPS) is 9.78. The van der Waals surface area contributed by atoms with Crippen molar-refractivity contribution >= 4 is 12.1 Å². The second-order valence-corrected chi connectivity index (χ2v) is 2.93. The molecule has 18 heavy (non-hydrogen) atoms. The van der Waals surface area contributed by atoms with Gasteiger partial charge >= 0.3 is 12.1 Å². The topological polar surface area (TPSA) is 103 Å². The van der Waals surface area contributed by atoms with E-state index in [0.717, 1.165) is 0 Å². The van der Waals surface area contributed by atoms with Gasteiger partial charge in [0.25, 0.3) is 0 Å². The zero-order chi connectivity index (χ0) is 13.6. The van der Waals surface area contributed by atoms with E-state index in [1.54, 1.807) is 0 Å². The van der Waals surface area contributed by atoms with Crippen molar-refractivity contribution in [3.05, 3.63) is 12.7 Å². The molecule has 0 aliphatic heterocycles. The van der Waals surface area contributed by atoms with Crippen LogP contribution in [0.3, 0.4) is 0 Å². The van der Waals surface area contributed by atoms with E-state index < -0.39 is 12.1 Å². The monoisotopic (exact) mass is 263 g/mol. The Balaban J connectivity index is 3.17. The molecule has 104 valence electrons. The fourth-order valence-corrected chi connectivity index (χ4v) is 0.770. The molecule has 2 N–H and O–H groups in total. The zero-order valence-corrected chi connectivity index (χ0v) is 9.92. The third-order valence-electron chi connectivity index (χ3n) is 1.43. The first kappa shape index (κ1) is 16.4. The van der Waals surface area contributed by atoms with Gasteiger partial charge in [-0.1, -0.05) is 6.08 Å². The summed E-state index contributed by atoms with van der Waals surface area (Å²) in [4.78, 5) is 29.7. The number of hydrogen-bond acceptors (Lipinski definition) is 6. The molecule has 0 saturated carbocycles. The van der Waals surface area contributed by atoms with Gasteiger partial charge in [-0.05, 0) is 0 Å². The Bertz CT molecular complexity index is 257. The minimum Gasteiger partial charge on any atom is -0.480 e. The molecular formula is C10H17NO7. The Morgan fingerprint density at radius 1 is 1.22 bits per heavy atom. The van der Waals surface area contributed by atoms with Crippen LogP contribution in [0.1, 0.15) is 0 Å². The third-order valence-corrected chi connectivity index (χ3v) is 1.43. The number of nitrogens with one attached hydrogen (secondary N) is 1. The van der Waals surface area contributed by atoms with Crippen molar-refractivity contribution in [3.8, 4) is 0 Å². The van der Waals surface area contributed by atoms with Crippen LogP contribution in [0.5, 0.6) is 0 Å². The van der Waals surface area contributed by atoms with Gasteiger partial charge in [0.15, 0.2) is 0 Å². The molecule has 0 fully saturated rings. The molecule has 0 aliphatic rings. The molecular weight excluding hydrogens is 246 g/mol. The first-order valence-electron chi connectivity index (χ1n) is 5.22. The van der Waals surface area contributed by atoms with Crippen molar-refractivity contribution in [1.82, 2.24) is 5.32 Å². The van der Waals surface area contributed by atoms with Crippen molar-refractivity contribution in [2.24, 2.45) is 0 Å². The average Bonchev–Trinajstić information content (AvgIpc) is 2.32. The SMILES string of the molecule is C=CCOOC(=O)NCCOCCOCC(=O)O. The van der Waals surface area contributed by atoms with Gasteiger partial charge in [-0.3, -0.25) is 4.89 Å². The summed E-state index contributed by atoms with van der Waals surface area (Å²) >= 11 is 0. The van der Waals surface area contributed by atoms with Crippen LogP contribution in [0.15, 0.2) is 12.7 Å². The predicted molar refractivity (Wildman–Crippen MR) is 59.9 cm³/mol. The first-order chi connectivity index (χ1) is 8.66. The standard InChI is InChI=1S/C10H17NO7/c1-2-4-17-18-10(14)11-3-5-15-6-7-16-8-9(12)13/h2H,1,3-8H2,(H,11,14)(H,12,13). The smallest absolute Gasteiger partial charge is 0.438 e. The average molecular weight is 263 g/mol. The molecule has 0 spiro atoms. The quantitative estimate of drug-likeness (QED) is 0.233. The van der Waals surface area contributed by atoms with E-state index in [9.17, 15) is 9.59 Å². The van der Waals surface area contributed by atoms with Crippen LogP contribution in [0.25, 0.3) is 0 Å². The number of aliphatic carboxylic acids is 1. The number of amides is 1. The summed E-state index contributed by atoms with van der Waals surface area (Å²) in [5, 5.41) is 10.6. The highest BCUT2D eigenvalue weighted by molar-refractivity contribution is 5.68. The molecule has 0 saturated heterocycles. The second kappa shape index (κ2) is 11.8.